The lowest BCUT2D eigenvalue weighted by Gasteiger charge is -2.27. The van der Waals surface area contributed by atoms with Gasteiger partial charge in [0, 0.05) is 22.9 Å². The minimum absolute atomic E-state index is 0.0436. The summed E-state index contributed by atoms with van der Waals surface area (Å²) in [5, 5.41) is 0.866. The monoisotopic (exact) mass is 346 g/mol. The van der Waals surface area contributed by atoms with Crippen molar-refractivity contribution in [2.24, 2.45) is 0 Å². The Bertz CT molecular complexity index is 747. The van der Waals surface area contributed by atoms with Crippen LogP contribution in [0, 0.1) is 6.92 Å². The van der Waals surface area contributed by atoms with E-state index < -0.39 is 5.92 Å². The maximum absolute atomic E-state index is 12.6. The molecular weight excluding hydrogens is 331 g/mol. The van der Waals surface area contributed by atoms with Gasteiger partial charge in [0.05, 0.1) is 0 Å². The van der Waals surface area contributed by atoms with Gasteiger partial charge in [-0.15, -0.1) is 0 Å². The molecule has 0 aromatic heterocycles. The molecule has 3 rings (SSSR count). The average molecular weight is 347 g/mol. The maximum atomic E-state index is 12.6. The molecule has 0 amide bonds. The van der Waals surface area contributed by atoms with Crippen LogP contribution in [0.25, 0.3) is 0 Å². The standard InChI is InChI=1S/C19H16Cl2O2/c1-11-2-4-12(5-3-11)13-8-17(22)19(18(23)9-13)15-7-6-14(20)10-16(15)21/h2-7,10,13,19H,8-9H2,1H3. The molecule has 0 spiro atoms. The van der Waals surface area contributed by atoms with Crippen molar-refractivity contribution in [2.45, 2.75) is 31.6 Å². The Labute approximate surface area is 145 Å². The Morgan fingerprint density at radius 2 is 1.52 bits per heavy atom. The lowest BCUT2D eigenvalue weighted by Crippen LogP contribution is -2.31. The van der Waals surface area contributed by atoms with E-state index >= 15 is 0 Å². The van der Waals surface area contributed by atoms with E-state index in [0.717, 1.165) is 11.1 Å². The number of halogens is 2. The molecule has 2 nitrogen and oxygen atoms in total. The van der Waals surface area contributed by atoms with Gasteiger partial charge in [-0.1, -0.05) is 59.1 Å². The SMILES string of the molecule is Cc1ccc(C2CC(=O)C(c3ccc(Cl)cc3Cl)C(=O)C2)cc1. The topological polar surface area (TPSA) is 34.1 Å². The first-order valence-electron chi connectivity index (χ1n) is 7.52. The van der Waals surface area contributed by atoms with Crippen molar-refractivity contribution in [3.05, 3.63) is 69.2 Å². The van der Waals surface area contributed by atoms with E-state index in [1.54, 1.807) is 18.2 Å². The molecule has 1 aliphatic carbocycles. The molecule has 4 heteroatoms. The summed E-state index contributed by atoms with van der Waals surface area (Å²) in [6, 6.07) is 12.9. The molecule has 0 atom stereocenters. The van der Waals surface area contributed by atoms with E-state index in [2.05, 4.69) is 0 Å². The third-order valence-electron chi connectivity index (χ3n) is 4.36. The molecule has 0 saturated heterocycles. The van der Waals surface area contributed by atoms with Crippen molar-refractivity contribution in [3.8, 4) is 0 Å². The van der Waals surface area contributed by atoms with E-state index in [4.69, 9.17) is 23.2 Å². The van der Waals surface area contributed by atoms with Crippen LogP contribution in [-0.4, -0.2) is 11.6 Å². The second-order valence-electron chi connectivity index (χ2n) is 6.05. The predicted octanol–water partition coefficient (Wildman–Crippen LogP) is 5.10. The third kappa shape index (κ3) is 3.34. The molecule has 2 aromatic rings. The van der Waals surface area contributed by atoms with Gasteiger partial charge in [-0.25, -0.2) is 0 Å². The second-order valence-corrected chi connectivity index (χ2v) is 6.89. The lowest BCUT2D eigenvalue weighted by atomic mass is 9.74. The summed E-state index contributed by atoms with van der Waals surface area (Å²) in [6.07, 6.45) is 0.719. The molecule has 0 N–H and O–H groups in total. The highest BCUT2D eigenvalue weighted by atomic mass is 35.5. The van der Waals surface area contributed by atoms with Crippen LogP contribution >= 0.6 is 23.2 Å². The van der Waals surface area contributed by atoms with Crippen LogP contribution in [0.3, 0.4) is 0 Å². The van der Waals surface area contributed by atoms with Gasteiger partial charge in [0.25, 0.3) is 0 Å². The number of hydrogen-bond acceptors (Lipinski definition) is 2. The first kappa shape index (κ1) is 16.2. The summed E-state index contributed by atoms with van der Waals surface area (Å²) in [4.78, 5) is 25.2. The van der Waals surface area contributed by atoms with E-state index in [0.29, 0.717) is 28.5 Å². The highest BCUT2D eigenvalue weighted by Gasteiger charge is 2.37. The van der Waals surface area contributed by atoms with Crippen molar-refractivity contribution >= 4 is 34.8 Å². The summed E-state index contributed by atoms with van der Waals surface area (Å²) in [6.45, 7) is 2.01. The van der Waals surface area contributed by atoms with Gasteiger partial charge in [-0.3, -0.25) is 9.59 Å². The Kier molecular flexibility index (Phi) is 4.56. The van der Waals surface area contributed by atoms with Gasteiger partial charge in [-0.2, -0.15) is 0 Å². The fraction of sp³-hybridized carbons (Fsp3) is 0.263. The van der Waals surface area contributed by atoms with E-state index in [1.165, 1.54) is 0 Å². The number of ketones is 2. The predicted molar refractivity (Wildman–Crippen MR) is 92.4 cm³/mol. The fourth-order valence-corrected chi connectivity index (χ4v) is 3.65. The molecule has 1 fully saturated rings. The summed E-state index contributed by atoms with van der Waals surface area (Å²) in [5.41, 5.74) is 2.76. The lowest BCUT2D eigenvalue weighted by molar-refractivity contribution is -0.132. The van der Waals surface area contributed by atoms with Crippen LogP contribution < -0.4 is 0 Å². The van der Waals surface area contributed by atoms with Gasteiger partial charge in [0.1, 0.15) is 17.5 Å². The van der Waals surface area contributed by atoms with Crippen LogP contribution in [0.15, 0.2) is 42.5 Å². The van der Waals surface area contributed by atoms with Crippen LogP contribution in [-0.2, 0) is 9.59 Å². The fourth-order valence-electron chi connectivity index (χ4n) is 3.13. The quantitative estimate of drug-likeness (QED) is 0.708. The minimum Gasteiger partial charge on any atom is -0.298 e. The number of carbonyl (C=O) groups is 2. The number of benzene rings is 2. The molecule has 1 saturated carbocycles. The zero-order valence-corrected chi connectivity index (χ0v) is 14.2. The number of carbonyl (C=O) groups excluding carboxylic acids is 2. The Balaban J connectivity index is 1.86. The van der Waals surface area contributed by atoms with Crippen LogP contribution in [0.5, 0.6) is 0 Å². The maximum Gasteiger partial charge on any atom is 0.148 e. The van der Waals surface area contributed by atoms with Crippen LogP contribution in [0.4, 0.5) is 0 Å². The van der Waals surface area contributed by atoms with Crippen molar-refractivity contribution < 1.29 is 9.59 Å². The first-order chi connectivity index (χ1) is 11.0. The largest absolute Gasteiger partial charge is 0.298 e. The molecule has 23 heavy (non-hydrogen) atoms. The Morgan fingerprint density at radius 3 is 2.09 bits per heavy atom. The highest BCUT2D eigenvalue weighted by molar-refractivity contribution is 6.35. The van der Waals surface area contributed by atoms with Gasteiger partial charge in [0.2, 0.25) is 0 Å². The van der Waals surface area contributed by atoms with Crippen LogP contribution in [0.1, 0.15) is 41.4 Å². The number of Topliss-reactive ketones (excluding diaryl/α,β-unsaturated/α-hetero) is 2. The number of rotatable bonds is 2. The molecule has 0 bridgehead atoms. The Hall–Kier alpha value is -1.64. The molecule has 1 aliphatic rings. The van der Waals surface area contributed by atoms with Gasteiger partial charge in [-0.05, 0) is 36.1 Å². The molecule has 0 radical (unpaired) electrons. The Morgan fingerprint density at radius 1 is 0.913 bits per heavy atom. The highest BCUT2D eigenvalue weighted by Crippen LogP contribution is 2.38. The zero-order chi connectivity index (χ0) is 16.6. The molecular formula is C19H16Cl2O2. The van der Waals surface area contributed by atoms with E-state index in [9.17, 15) is 9.59 Å². The summed E-state index contributed by atoms with van der Waals surface area (Å²) >= 11 is 12.1. The number of aryl methyl sites for hydroxylation is 1. The smallest absolute Gasteiger partial charge is 0.148 e. The van der Waals surface area contributed by atoms with Gasteiger partial charge in [0.15, 0.2) is 0 Å². The molecule has 2 aromatic carbocycles. The normalized spacial score (nSPS) is 21.5. The molecule has 118 valence electrons. The molecule has 0 aliphatic heterocycles. The summed E-state index contributed by atoms with van der Waals surface area (Å²) < 4.78 is 0. The number of hydrogen-bond donors (Lipinski definition) is 0. The first-order valence-corrected chi connectivity index (χ1v) is 8.28. The molecule has 0 unspecified atom stereocenters. The second kappa shape index (κ2) is 6.46. The summed E-state index contributed by atoms with van der Waals surface area (Å²) in [5.74, 6) is -0.952. The summed E-state index contributed by atoms with van der Waals surface area (Å²) in [7, 11) is 0. The van der Waals surface area contributed by atoms with Crippen molar-refractivity contribution in [2.75, 3.05) is 0 Å². The van der Waals surface area contributed by atoms with Crippen LogP contribution in [0.2, 0.25) is 10.0 Å². The van der Waals surface area contributed by atoms with E-state index in [-0.39, 0.29) is 17.5 Å². The third-order valence-corrected chi connectivity index (χ3v) is 4.92. The van der Waals surface area contributed by atoms with Crippen molar-refractivity contribution in [3.63, 3.8) is 0 Å². The molecule has 0 heterocycles. The van der Waals surface area contributed by atoms with Crippen molar-refractivity contribution in [1.29, 1.82) is 0 Å². The average Bonchev–Trinajstić information content (AvgIpc) is 2.49. The van der Waals surface area contributed by atoms with Crippen molar-refractivity contribution in [1.82, 2.24) is 0 Å². The minimum atomic E-state index is -0.763. The van der Waals surface area contributed by atoms with E-state index in [1.807, 2.05) is 31.2 Å². The van der Waals surface area contributed by atoms with Gasteiger partial charge < -0.3 is 0 Å². The zero-order valence-electron chi connectivity index (χ0n) is 12.7. The van der Waals surface area contributed by atoms with Gasteiger partial charge >= 0.3 is 0 Å².